The van der Waals surface area contributed by atoms with Crippen LogP contribution in [-0.4, -0.2) is 35.7 Å². The lowest BCUT2D eigenvalue weighted by Crippen LogP contribution is -2.28. The van der Waals surface area contributed by atoms with E-state index in [0.717, 1.165) is 42.8 Å². The summed E-state index contributed by atoms with van der Waals surface area (Å²) in [5.74, 6) is 1.46. The van der Waals surface area contributed by atoms with Crippen LogP contribution in [0.15, 0.2) is 11.6 Å². The fraction of sp³-hybridized carbons (Fsp3) is 0.583. The number of rotatable bonds is 7. The highest BCUT2D eigenvalue weighted by atomic mass is 35.5. The Morgan fingerprint density at radius 1 is 1.50 bits per heavy atom. The Morgan fingerprint density at radius 2 is 2.33 bits per heavy atom. The molecule has 0 amide bonds. The summed E-state index contributed by atoms with van der Waals surface area (Å²) in [6.07, 6.45) is 2.02. The van der Waals surface area contributed by atoms with Crippen LogP contribution in [0.2, 0.25) is 0 Å². The molecule has 2 rings (SSSR count). The molecule has 0 atom stereocenters. The van der Waals surface area contributed by atoms with E-state index in [1.54, 1.807) is 11.3 Å². The standard InChI is InChI=1S/C12H18ClN3OS/c1-3-15(5-7-17-4-2)11-10(9-13)16-6-8-18-12(16)14-11/h6,8H,3-5,7,9H2,1-2H3. The van der Waals surface area contributed by atoms with E-state index >= 15 is 0 Å². The van der Waals surface area contributed by atoms with Gasteiger partial charge in [-0.05, 0) is 13.8 Å². The van der Waals surface area contributed by atoms with Crippen LogP contribution in [0.4, 0.5) is 5.82 Å². The molecule has 100 valence electrons. The van der Waals surface area contributed by atoms with Crippen LogP contribution >= 0.6 is 22.9 Å². The van der Waals surface area contributed by atoms with Gasteiger partial charge in [0.1, 0.15) is 0 Å². The molecule has 0 aliphatic rings. The number of fused-ring (bicyclic) bond motifs is 1. The molecular formula is C12H18ClN3OS. The van der Waals surface area contributed by atoms with Crippen molar-refractivity contribution >= 4 is 33.7 Å². The van der Waals surface area contributed by atoms with Gasteiger partial charge >= 0.3 is 0 Å². The van der Waals surface area contributed by atoms with Crippen LogP contribution in [0.25, 0.3) is 4.96 Å². The second-order valence-electron chi connectivity index (χ2n) is 3.85. The van der Waals surface area contributed by atoms with Gasteiger partial charge in [0.05, 0.1) is 18.2 Å². The molecule has 0 saturated carbocycles. The quantitative estimate of drug-likeness (QED) is 0.579. The van der Waals surface area contributed by atoms with Crippen LogP contribution < -0.4 is 4.90 Å². The molecule has 0 saturated heterocycles. The summed E-state index contributed by atoms with van der Waals surface area (Å²) in [6, 6.07) is 0. The van der Waals surface area contributed by atoms with Gasteiger partial charge in [0.25, 0.3) is 0 Å². The maximum Gasteiger partial charge on any atom is 0.195 e. The van der Waals surface area contributed by atoms with Gasteiger partial charge in [-0.1, -0.05) is 0 Å². The maximum absolute atomic E-state index is 6.06. The number of nitrogens with zero attached hydrogens (tertiary/aromatic N) is 3. The molecule has 0 aliphatic heterocycles. The zero-order chi connectivity index (χ0) is 13.0. The van der Waals surface area contributed by atoms with Crippen LogP contribution in [-0.2, 0) is 10.6 Å². The highest BCUT2D eigenvalue weighted by molar-refractivity contribution is 7.15. The van der Waals surface area contributed by atoms with E-state index in [0.29, 0.717) is 5.88 Å². The molecule has 0 N–H and O–H groups in total. The van der Waals surface area contributed by atoms with Crippen LogP contribution in [0.5, 0.6) is 0 Å². The summed E-state index contributed by atoms with van der Waals surface area (Å²) in [4.78, 5) is 7.87. The molecule has 18 heavy (non-hydrogen) atoms. The fourth-order valence-electron chi connectivity index (χ4n) is 1.93. The largest absolute Gasteiger partial charge is 0.380 e. The normalized spacial score (nSPS) is 11.3. The van der Waals surface area contributed by atoms with E-state index in [2.05, 4.69) is 21.2 Å². The maximum atomic E-state index is 6.06. The summed E-state index contributed by atoms with van der Waals surface area (Å²) in [5, 5.41) is 2.03. The van der Waals surface area contributed by atoms with Gasteiger partial charge in [-0.3, -0.25) is 4.40 Å². The summed E-state index contributed by atoms with van der Waals surface area (Å²) in [6.45, 7) is 7.35. The van der Waals surface area contributed by atoms with E-state index in [4.69, 9.17) is 16.3 Å². The minimum absolute atomic E-state index is 0.471. The molecule has 0 bridgehead atoms. The number of hydrogen-bond donors (Lipinski definition) is 0. The third-order valence-electron chi connectivity index (χ3n) is 2.86. The van der Waals surface area contributed by atoms with Crippen LogP contribution in [0, 0.1) is 0 Å². The van der Waals surface area contributed by atoms with Gasteiger partial charge in [0.15, 0.2) is 10.8 Å². The van der Waals surface area contributed by atoms with Gasteiger partial charge in [-0.25, -0.2) is 4.98 Å². The lowest BCUT2D eigenvalue weighted by atomic mass is 10.4. The van der Waals surface area contributed by atoms with Gasteiger partial charge in [-0.2, -0.15) is 0 Å². The Kier molecular flexibility index (Phi) is 4.86. The minimum atomic E-state index is 0.471. The van der Waals surface area contributed by atoms with E-state index in [1.807, 2.05) is 18.5 Å². The van der Waals surface area contributed by atoms with Crippen LogP contribution in [0.3, 0.4) is 0 Å². The lowest BCUT2D eigenvalue weighted by molar-refractivity contribution is 0.154. The van der Waals surface area contributed by atoms with Crippen molar-refractivity contribution in [2.45, 2.75) is 19.7 Å². The molecule has 0 aromatic carbocycles. The van der Waals surface area contributed by atoms with E-state index in [-0.39, 0.29) is 0 Å². The van der Waals surface area contributed by atoms with Gasteiger partial charge < -0.3 is 9.64 Å². The summed E-state index contributed by atoms with van der Waals surface area (Å²) in [5.41, 5.74) is 1.06. The molecule has 0 unspecified atom stereocenters. The zero-order valence-electron chi connectivity index (χ0n) is 10.7. The molecule has 2 heterocycles. The number of hydrogen-bond acceptors (Lipinski definition) is 4. The third kappa shape index (κ3) is 2.63. The summed E-state index contributed by atoms with van der Waals surface area (Å²) in [7, 11) is 0. The number of likely N-dealkylation sites (N-methyl/N-ethyl adjacent to an activating group) is 1. The van der Waals surface area contributed by atoms with E-state index in [9.17, 15) is 0 Å². The molecule has 0 fully saturated rings. The first-order chi connectivity index (χ1) is 8.81. The Bertz CT molecular complexity index is 496. The predicted octanol–water partition coefficient (Wildman–Crippen LogP) is 3.00. The predicted molar refractivity (Wildman–Crippen MR) is 77.0 cm³/mol. The molecule has 0 aliphatic carbocycles. The van der Waals surface area contributed by atoms with Crippen molar-refractivity contribution in [1.29, 1.82) is 0 Å². The fourth-order valence-corrected chi connectivity index (χ4v) is 2.91. The van der Waals surface area contributed by atoms with Gasteiger partial charge in [-0.15, -0.1) is 22.9 Å². The second kappa shape index (κ2) is 6.41. The van der Waals surface area contributed by atoms with E-state index in [1.165, 1.54) is 0 Å². The number of aromatic nitrogens is 2. The number of alkyl halides is 1. The number of imidazole rings is 1. The Balaban J connectivity index is 2.23. The minimum Gasteiger partial charge on any atom is -0.380 e. The SMILES string of the molecule is CCOCCN(CC)c1nc2sccn2c1CCl. The molecular weight excluding hydrogens is 270 g/mol. The molecule has 2 aromatic heterocycles. The van der Waals surface area contributed by atoms with Crippen molar-refractivity contribution in [1.82, 2.24) is 9.38 Å². The zero-order valence-corrected chi connectivity index (χ0v) is 12.3. The molecule has 2 aromatic rings. The molecule has 6 heteroatoms. The highest BCUT2D eigenvalue weighted by Crippen LogP contribution is 2.25. The average Bonchev–Trinajstić information content (AvgIpc) is 2.94. The third-order valence-corrected chi connectivity index (χ3v) is 3.87. The summed E-state index contributed by atoms with van der Waals surface area (Å²) < 4.78 is 7.48. The first-order valence-corrected chi connectivity index (χ1v) is 7.56. The second-order valence-corrected chi connectivity index (χ2v) is 4.99. The van der Waals surface area contributed by atoms with Crippen molar-refractivity contribution in [2.24, 2.45) is 0 Å². The first-order valence-electron chi connectivity index (χ1n) is 6.14. The van der Waals surface area contributed by atoms with Crippen LogP contribution in [0.1, 0.15) is 19.5 Å². The number of halogens is 1. The monoisotopic (exact) mass is 287 g/mol. The Labute approximate surface area is 116 Å². The molecule has 4 nitrogen and oxygen atoms in total. The Morgan fingerprint density at radius 3 is 3.00 bits per heavy atom. The van der Waals surface area contributed by atoms with E-state index < -0.39 is 0 Å². The number of thiazole rings is 1. The molecule has 0 radical (unpaired) electrons. The van der Waals surface area contributed by atoms with Crippen molar-refractivity contribution in [3.05, 3.63) is 17.3 Å². The topological polar surface area (TPSA) is 29.8 Å². The highest BCUT2D eigenvalue weighted by Gasteiger charge is 2.17. The summed E-state index contributed by atoms with van der Waals surface area (Å²) >= 11 is 7.69. The van der Waals surface area contributed by atoms with Gasteiger partial charge in [0.2, 0.25) is 0 Å². The number of ether oxygens (including phenoxy) is 1. The number of anilines is 1. The lowest BCUT2D eigenvalue weighted by Gasteiger charge is -2.21. The average molecular weight is 288 g/mol. The van der Waals surface area contributed by atoms with Crippen molar-refractivity contribution in [3.63, 3.8) is 0 Å². The Hall–Kier alpha value is -0.780. The molecule has 0 spiro atoms. The van der Waals surface area contributed by atoms with Gasteiger partial charge in [0, 0.05) is 31.3 Å². The van der Waals surface area contributed by atoms with Crippen molar-refractivity contribution < 1.29 is 4.74 Å². The first kappa shape index (κ1) is 13.6. The van der Waals surface area contributed by atoms with Crippen molar-refractivity contribution in [2.75, 3.05) is 31.2 Å². The smallest absolute Gasteiger partial charge is 0.195 e. The van der Waals surface area contributed by atoms with Crippen molar-refractivity contribution in [3.8, 4) is 0 Å².